The summed E-state index contributed by atoms with van der Waals surface area (Å²) < 4.78 is 27.6. The smallest absolute Gasteiger partial charge is 0.212 e. The molecule has 6 heteroatoms. The third-order valence-electron chi connectivity index (χ3n) is 3.64. The third kappa shape index (κ3) is 4.70. The van der Waals surface area contributed by atoms with Crippen LogP contribution in [0.4, 0.5) is 0 Å². The number of sulfonamides is 1. The SMILES string of the molecule is Cc1ccc([C@@H](C)NS(=O)(=O)Cc2c(Cl)cccc2Cl)c(C)c1. The Labute approximate surface area is 147 Å². The first-order chi connectivity index (χ1) is 10.7. The van der Waals surface area contributed by atoms with Gasteiger partial charge in [0.05, 0.1) is 5.75 Å². The molecule has 124 valence electrons. The third-order valence-corrected chi connectivity index (χ3v) is 5.73. The van der Waals surface area contributed by atoms with Gasteiger partial charge in [-0.05, 0) is 44.0 Å². The molecule has 1 N–H and O–H groups in total. The highest BCUT2D eigenvalue weighted by Gasteiger charge is 2.20. The molecule has 0 amide bonds. The summed E-state index contributed by atoms with van der Waals surface area (Å²) in [6.07, 6.45) is 0. The summed E-state index contributed by atoms with van der Waals surface area (Å²) in [5, 5.41) is 0.698. The zero-order chi connectivity index (χ0) is 17.2. The van der Waals surface area contributed by atoms with Gasteiger partial charge in [-0.3, -0.25) is 0 Å². The van der Waals surface area contributed by atoms with E-state index in [1.54, 1.807) is 18.2 Å². The van der Waals surface area contributed by atoms with Crippen LogP contribution in [-0.4, -0.2) is 8.42 Å². The van der Waals surface area contributed by atoms with Crippen LogP contribution in [0.2, 0.25) is 10.0 Å². The molecule has 2 rings (SSSR count). The van der Waals surface area contributed by atoms with Crippen molar-refractivity contribution in [1.82, 2.24) is 4.72 Å². The van der Waals surface area contributed by atoms with Crippen LogP contribution >= 0.6 is 23.2 Å². The van der Waals surface area contributed by atoms with Crippen LogP contribution in [0.25, 0.3) is 0 Å². The van der Waals surface area contributed by atoms with E-state index >= 15 is 0 Å². The van der Waals surface area contributed by atoms with Gasteiger partial charge in [0.15, 0.2) is 0 Å². The van der Waals surface area contributed by atoms with Crippen LogP contribution in [0.1, 0.15) is 35.2 Å². The van der Waals surface area contributed by atoms with Crippen LogP contribution in [-0.2, 0) is 15.8 Å². The van der Waals surface area contributed by atoms with Crippen molar-refractivity contribution in [2.45, 2.75) is 32.6 Å². The lowest BCUT2D eigenvalue weighted by Crippen LogP contribution is -2.28. The van der Waals surface area contributed by atoms with Crippen molar-refractivity contribution in [3.63, 3.8) is 0 Å². The Bertz CT molecular complexity index is 799. The molecule has 0 saturated carbocycles. The standard InChI is InChI=1S/C17H19Cl2NO2S/c1-11-7-8-14(12(2)9-11)13(3)20-23(21,22)10-15-16(18)5-4-6-17(15)19/h4-9,13,20H,10H2,1-3H3/t13-/m1/s1. The minimum absolute atomic E-state index is 0.249. The van der Waals surface area contributed by atoms with E-state index in [0.717, 1.165) is 16.7 Å². The Morgan fingerprint density at radius 3 is 2.26 bits per heavy atom. The number of nitrogens with one attached hydrogen (secondary N) is 1. The molecular weight excluding hydrogens is 353 g/mol. The lowest BCUT2D eigenvalue weighted by molar-refractivity contribution is 0.565. The Hall–Kier alpha value is -1.07. The first kappa shape index (κ1) is 18.3. The van der Waals surface area contributed by atoms with Gasteiger partial charge in [0.25, 0.3) is 0 Å². The van der Waals surface area contributed by atoms with E-state index in [2.05, 4.69) is 4.72 Å². The van der Waals surface area contributed by atoms with E-state index < -0.39 is 10.0 Å². The van der Waals surface area contributed by atoms with Crippen LogP contribution in [0.3, 0.4) is 0 Å². The highest BCUT2D eigenvalue weighted by molar-refractivity contribution is 7.88. The second kappa shape index (κ2) is 7.22. The van der Waals surface area contributed by atoms with E-state index in [9.17, 15) is 8.42 Å². The summed E-state index contributed by atoms with van der Waals surface area (Å²) in [5.41, 5.74) is 3.56. The first-order valence-electron chi connectivity index (χ1n) is 7.19. The van der Waals surface area contributed by atoms with Crippen molar-refractivity contribution in [3.05, 3.63) is 68.7 Å². The summed E-state index contributed by atoms with van der Waals surface area (Å²) in [4.78, 5) is 0. The minimum atomic E-state index is -3.57. The number of hydrogen-bond acceptors (Lipinski definition) is 2. The fourth-order valence-electron chi connectivity index (χ4n) is 2.55. The second-order valence-corrected chi connectivity index (χ2v) is 8.23. The average molecular weight is 372 g/mol. The van der Waals surface area contributed by atoms with Gasteiger partial charge in [-0.2, -0.15) is 0 Å². The molecule has 0 fully saturated rings. The normalized spacial score (nSPS) is 13.1. The van der Waals surface area contributed by atoms with Gasteiger partial charge < -0.3 is 0 Å². The molecule has 0 radical (unpaired) electrons. The van der Waals surface area contributed by atoms with Crippen LogP contribution in [0.5, 0.6) is 0 Å². The fraction of sp³-hybridized carbons (Fsp3) is 0.294. The predicted molar refractivity (Wildman–Crippen MR) is 96.6 cm³/mol. The van der Waals surface area contributed by atoms with E-state index in [1.165, 1.54) is 0 Å². The molecule has 0 saturated heterocycles. The van der Waals surface area contributed by atoms with Gasteiger partial charge in [-0.15, -0.1) is 0 Å². The van der Waals surface area contributed by atoms with Crippen molar-refractivity contribution in [2.75, 3.05) is 0 Å². The molecule has 2 aromatic rings. The number of aryl methyl sites for hydroxylation is 2. The van der Waals surface area contributed by atoms with Gasteiger partial charge in [-0.1, -0.05) is 53.0 Å². The molecule has 0 aliphatic rings. The maximum Gasteiger partial charge on any atom is 0.216 e. The lowest BCUT2D eigenvalue weighted by Gasteiger charge is -2.18. The van der Waals surface area contributed by atoms with E-state index in [4.69, 9.17) is 23.2 Å². The van der Waals surface area contributed by atoms with Crippen molar-refractivity contribution < 1.29 is 8.42 Å². The summed E-state index contributed by atoms with van der Waals surface area (Å²) in [6, 6.07) is 10.6. The van der Waals surface area contributed by atoms with Gasteiger partial charge in [0, 0.05) is 21.7 Å². The first-order valence-corrected chi connectivity index (χ1v) is 9.60. The van der Waals surface area contributed by atoms with Crippen LogP contribution in [0.15, 0.2) is 36.4 Å². The number of hydrogen-bond donors (Lipinski definition) is 1. The summed E-state index contributed by atoms with van der Waals surface area (Å²) in [7, 11) is -3.57. The highest BCUT2D eigenvalue weighted by Crippen LogP contribution is 2.27. The molecule has 1 atom stereocenters. The molecule has 0 aliphatic heterocycles. The Morgan fingerprint density at radius 2 is 1.70 bits per heavy atom. The summed E-state index contributed by atoms with van der Waals surface area (Å²) >= 11 is 12.1. The summed E-state index contributed by atoms with van der Waals surface area (Å²) in [6.45, 7) is 5.80. The van der Waals surface area contributed by atoms with Crippen molar-refractivity contribution in [1.29, 1.82) is 0 Å². The highest BCUT2D eigenvalue weighted by atomic mass is 35.5. The monoisotopic (exact) mass is 371 g/mol. The van der Waals surface area contributed by atoms with Gasteiger partial charge in [0.1, 0.15) is 0 Å². The van der Waals surface area contributed by atoms with E-state index in [1.807, 2.05) is 39.0 Å². The summed E-state index contributed by atoms with van der Waals surface area (Å²) in [5.74, 6) is -0.249. The molecular formula is C17H19Cl2NO2S. The molecule has 3 nitrogen and oxygen atoms in total. The fourth-order valence-corrected chi connectivity index (χ4v) is 4.68. The van der Waals surface area contributed by atoms with Crippen LogP contribution < -0.4 is 4.72 Å². The second-order valence-electron chi connectivity index (χ2n) is 5.66. The van der Waals surface area contributed by atoms with Crippen molar-refractivity contribution in [2.24, 2.45) is 0 Å². The van der Waals surface area contributed by atoms with E-state index in [0.29, 0.717) is 15.6 Å². The topological polar surface area (TPSA) is 46.2 Å². The molecule has 0 heterocycles. The lowest BCUT2D eigenvalue weighted by atomic mass is 10.0. The molecule has 0 spiro atoms. The quantitative estimate of drug-likeness (QED) is 0.820. The Morgan fingerprint density at radius 1 is 1.09 bits per heavy atom. The number of benzene rings is 2. The van der Waals surface area contributed by atoms with Gasteiger partial charge >= 0.3 is 0 Å². The van der Waals surface area contributed by atoms with Gasteiger partial charge in [0.2, 0.25) is 10.0 Å². The Balaban J connectivity index is 2.21. The predicted octanol–water partition coefficient (Wildman–Crippen LogP) is 4.79. The maximum atomic E-state index is 12.4. The molecule has 0 bridgehead atoms. The minimum Gasteiger partial charge on any atom is -0.212 e. The van der Waals surface area contributed by atoms with Crippen molar-refractivity contribution >= 4 is 33.2 Å². The molecule has 2 aromatic carbocycles. The van der Waals surface area contributed by atoms with Crippen LogP contribution in [0, 0.1) is 13.8 Å². The molecule has 0 aliphatic carbocycles. The number of halogens is 2. The van der Waals surface area contributed by atoms with E-state index in [-0.39, 0.29) is 11.8 Å². The van der Waals surface area contributed by atoms with Crippen molar-refractivity contribution in [3.8, 4) is 0 Å². The zero-order valence-electron chi connectivity index (χ0n) is 13.2. The maximum absolute atomic E-state index is 12.4. The molecule has 0 unspecified atom stereocenters. The largest absolute Gasteiger partial charge is 0.216 e. The Kier molecular flexibility index (Phi) is 5.74. The zero-order valence-corrected chi connectivity index (χ0v) is 15.6. The number of rotatable bonds is 5. The molecule has 0 aromatic heterocycles. The molecule has 23 heavy (non-hydrogen) atoms. The van der Waals surface area contributed by atoms with Gasteiger partial charge in [-0.25, -0.2) is 13.1 Å². The average Bonchev–Trinajstić information content (AvgIpc) is 2.42.